The molecule has 0 fully saturated rings. The lowest BCUT2D eigenvalue weighted by atomic mass is 10.2. The molecule has 0 radical (unpaired) electrons. The van der Waals surface area contributed by atoms with E-state index < -0.39 is 23.0 Å². The highest BCUT2D eigenvalue weighted by molar-refractivity contribution is 9.10. The Balaban J connectivity index is 0.000000422. The van der Waals surface area contributed by atoms with Gasteiger partial charge in [0.1, 0.15) is 22.7 Å². The highest BCUT2D eigenvalue weighted by Gasteiger charge is 2.06. The number of nitrogens with two attached hydrogens (primary N) is 1. The Morgan fingerprint density at radius 1 is 0.549 bits per heavy atom. The topological polar surface area (TPSA) is 269 Å². The lowest BCUT2D eigenvalue weighted by molar-refractivity contribution is 0.477. The Hall–Kier alpha value is -9.96. The molecular formula is C50H49BrN10O10. The second-order valence-corrected chi connectivity index (χ2v) is 14.0. The zero-order valence-electron chi connectivity index (χ0n) is 34.8. The molecule has 0 unspecified atom stereocenters. The van der Waals surface area contributed by atoms with Crippen molar-refractivity contribution in [3.8, 4) is 11.5 Å². The van der Waals surface area contributed by atoms with Crippen molar-refractivity contribution in [1.29, 1.82) is 0 Å². The van der Waals surface area contributed by atoms with E-state index in [9.17, 15) is 24.3 Å². The summed E-state index contributed by atoms with van der Waals surface area (Å²) in [7, 11) is 3.35. The van der Waals surface area contributed by atoms with Crippen LogP contribution in [0.1, 0.15) is 29.7 Å². The van der Waals surface area contributed by atoms with Crippen LogP contribution in [0.15, 0.2) is 157 Å². The number of halogens is 1. The summed E-state index contributed by atoms with van der Waals surface area (Å²) in [4.78, 5) is 63.3. The summed E-state index contributed by atoms with van der Waals surface area (Å²) < 4.78 is 21.5. The van der Waals surface area contributed by atoms with Gasteiger partial charge in [0.25, 0.3) is 0 Å². The number of phenols is 2. The smallest absolute Gasteiger partial charge is 0.419 e. The number of aromatic amines is 3. The van der Waals surface area contributed by atoms with Gasteiger partial charge in [-0.3, -0.25) is 19.5 Å². The van der Waals surface area contributed by atoms with Gasteiger partial charge in [-0.2, -0.15) is 0 Å². The summed E-state index contributed by atoms with van der Waals surface area (Å²) in [5.41, 5.74) is 12.9. The fraction of sp³-hybridized carbons (Fsp3) is 0.120. The Kier molecular flexibility index (Phi) is 23.0. The first-order valence-electron chi connectivity index (χ1n) is 18.8. The number of benzene rings is 6. The van der Waals surface area contributed by atoms with Crippen LogP contribution in [0.4, 0.5) is 34.1 Å². The number of aryl methyl sites for hydroxylation is 1. The van der Waals surface area contributed by atoms with Crippen LogP contribution in [0.25, 0.3) is 63.8 Å². The molecule has 0 aliphatic rings. The number of rotatable bonds is 1. The second kappa shape index (κ2) is 27.6. The minimum Gasteiger partial charge on any atom is -0.507 e. The molecule has 0 amide bonds. The number of hydrogen-bond acceptors (Lipinski definition) is 12. The van der Waals surface area contributed by atoms with Crippen molar-refractivity contribution in [3.05, 3.63) is 208 Å². The lowest BCUT2D eigenvalue weighted by Gasteiger charge is -2.02. The highest BCUT2D eigenvalue weighted by atomic mass is 79.9. The maximum absolute atomic E-state index is 11.1. The third-order valence-corrected chi connectivity index (χ3v) is 9.16. The van der Waals surface area contributed by atoms with E-state index in [1.165, 1.54) is 28.8 Å². The molecule has 0 atom stereocenters. The highest BCUT2D eigenvalue weighted by Crippen LogP contribution is 2.28. The maximum Gasteiger partial charge on any atom is 0.419 e. The van der Waals surface area contributed by atoms with Crippen molar-refractivity contribution in [3.63, 3.8) is 0 Å². The van der Waals surface area contributed by atoms with E-state index in [2.05, 4.69) is 55.6 Å². The van der Waals surface area contributed by atoms with Gasteiger partial charge in [0.2, 0.25) is 0 Å². The number of oxazole rings is 4. The fourth-order valence-electron chi connectivity index (χ4n) is 5.41. The molecule has 10 rings (SSSR count). The SMILES string of the molecule is C.C.C.C.O=c1[nH]c2ccc(Br)cc2o1.O=c1[nH]c2ccccc2o1.[C-]#[N+]c1ccc(N)c(O)c1.[C-]#[N+]c1ccc(NC)c(O)c1.[C-]#[N+]c1ccc2[nH]c(=O)oc2c1.[C-]#[N+]c1ccc2c(c1)oc(=O)n2C. The van der Waals surface area contributed by atoms with Gasteiger partial charge in [0.15, 0.2) is 33.9 Å². The fourth-order valence-corrected chi connectivity index (χ4v) is 5.75. The molecule has 366 valence electrons. The average molecular weight is 1030 g/mol. The summed E-state index contributed by atoms with van der Waals surface area (Å²) in [6.07, 6.45) is 0. The number of aromatic nitrogens is 4. The number of para-hydroxylation sites is 2. The van der Waals surface area contributed by atoms with Crippen molar-refractivity contribution in [2.75, 3.05) is 18.1 Å². The molecule has 0 saturated heterocycles. The molecule has 0 bridgehead atoms. The van der Waals surface area contributed by atoms with Gasteiger partial charge in [0, 0.05) is 18.6 Å². The third-order valence-electron chi connectivity index (χ3n) is 8.67. The molecule has 21 heteroatoms. The van der Waals surface area contributed by atoms with Gasteiger partial charge in [0.05, 0.1) is 59.7 Å². The molecule has 6 aromatic carbocycles. The summed E-state index contributed by atoms with van der Waals surface area (Å²) in [6.45, 7) is 26.7. The summed E-state index contributed by atoms with van der Waals surface area (Å²) in [5.74, 6) is -1.64. The van der Waals surface area contributed by atoms with E-state index >= 15 is 0 Å². The predicted molar refractivity (Wildman–Crippen MR) is 282 cm³/mol. The molecule has 71 heavy (non-hydrogen) atoms. The van der Waals surface area contributed by atoms with E-state index in [-0.39, 0.29) is 41.2 Å². The van der Waals surface area contributed by atoms with Crippen LogP contribution in [0, 0.1) is 26.3 Å². The van der Waals surface area contributed by atoms with Gasteiger partial charge >= 0.3 is 23.0 Å². The molecule has 4 aromatic heterocycles. The van der Waals surface area contributed by atoms with Crippen molar-refractivity contribution in [2.24, 2.45) is 7.05 Å². The zero-order valence-corrected chi connectivity index (χ0v) is 36.4. The number of nitrogens with zero attached hydrogens (tertiary/aromatic N) is 5. The standard InChI is InChI=1S/C9H6N2O2.C8H4N2O2.C8H8N2O.C7H4BrNO2.C7H6N2O.C7H5NO2.4CH4/c1-10-6-3-4-7-8(5-6)13-9(12)11(7)2;1-9-5-2-3-6-7(4-5)12-8(11)10-6;1-9-6-3-4-7(10-2)8(11)5-6;8-4-1-2-5-6(3-4)11-7(10)9-5;1-9-5-2-3-6(8)7(10)4-5;9-7-8-5-3-1-2-4-6(5)10-7;;;;/h3-5H,2H3;2-4H,(H,10,11);3-5,10-11H,2H3;1-3H,(H,9,10);2-4,10H,8H2;1-4H,(H,8,9);4*1H4. The Bertz CT molecular complexity index is 3730. The minimum absolute atomic E-state index is 0. The van der Waals surface area contributed by atoms with Crippen molar-refractivity contribution < 1.29 is 27.9 Å². The molecule has 8 N–H and O–H groups in total. The van der Waals surface area contributed by atoms with Crippen LogP contribution in [-0.2, 0) is 7.05 Å². The Morgan fingerprint density at radius 2 is 0.986 bits per heavy atom. The number of phenolic OH excluding ortho intramolecular Hbond substituents is 2. The van der Waals surface area contributed by atoms with Gasteiger partial charge in [-0.05, 0) is 78.9 Å². The first-order valence-corrected chi connectivity index (χ1v) is 19.6. The third kappa shape index (κ3) is 16.1. The summed E-state index contributed by atoms with van der Waals surface area (Å²) >= 11 is 3.27. The molecule has 20 nitrogen and oxygen atoms in total. The normalized spacial score (nSPS) is 9.23. The van der Waals surface area contributed by atoms with Gasteiger partial charge in [-0.1, -0.05) is 82.0 Å². The van der Waals surface area contributed by atoms with E-state index in [1.54, 1.807) is 86.9 Å². The van der Waals surface area contributed by atoms with E-state index in [0.717, 1.165) is 15.5 Å². The van der Waals surface area contributed by atoms with Crippen molar-refractivity contribution >= 4 is 94.5 Å². The van der Waals surface area contributed by atoms with Crippen LogP contribution in [0.3, 0.4) is 0 Å². The number of nitrogen functional groups attached to an aromatic ring is 1. The van der Waals surface area contributed by atoms with Crippen LogP contribution in [0.2, 0.25) is 0 Å². The monoisotopic (exact) mass is 1030 g/mol. The lowest BCUT2D eigenvalue weighted by Crippen LogP contribution is -2.08. The number of nitrogens with one attached hydrogen (secondary N) is 4. The predicted octanol–water partition coefficient (Wildman–Crippen LogP) is 12.4. The summed E-state index contributed by atoms with van der Waals surface area (Å²) in [6, 6.07) is 31.4. The van der Waals surface area contributed by atoms with E-state index in [1.807, 2.05) is 18.2 Å². The van der Waals surface area contributed by atoms with Gasteiger partial charge in [-0.25, -0.2) is 38.6 Å². The first kappa shape index (κ1) is 59.1. The van der Waals surface area contributed by atoms with Gasteiger partial charge in [-0.15, -0.1) is 0 Å². The van der Waals surface area contributed by atoms with Gasteiger partial charge < -0.3 is 38.9 Å². The molecule has 0 saturated carbocycles. The number of anilines is 2. The Morgan fingerprint density at radius 3 is 1.51 bits per heavy atom. The molecule has 4 heterocycles. The largest absolute Gasteiger partial charge is 0.507 e. The summed E-state index contributed by atoms with van der Waals surface area (Å²) in [5, 5.41) is 21.0. The van der Waals surface area contributed by atoms with E-state index in [0.29, 0.717) is 67.5 Å². The minimum atomic E-state index is -0.493. The quantitative estimate of drug-likeness (QED) is 0.0460. The maximum atomic E-state index is 11.1. The Labute approximate surface area is 414 Å². The molecule has 10 aromatic rings. The molecule has 0 aliphatic carbocycles. The molecular weight excluding hydrogens is 981 g/mol. The van der Waals surface area contributed by atoms with E-state index in [4.69, 9.17) is 54.8 Å². The number of H-pyrrole nitrogens is 3. The second-order valence-electron chi connectivity index (χ2n) is 13.1. The van der Waals surface area contributed by atoms with Crippen molar-refractivity contribution in [2.45, 2.75) is 29.7 Å². The van der Waals surface area contributed by atoms with Crippen LogP contribution in [0.5, 0.6) is 11.5 Å². The van der Waals surface area contributed by atoms with Crippen molar-refractivity contribution in [1.82, 2.24) is 19.5 Å². The molecule has 0 spiro atoms. The number of hydrogen-bond donors (Lipinski definition) is 7. The van der Waals surface area contributed by atoms with Crippen LogP contribution < -0.4 is 34.1 Å². The average Bonchev–Trinajstić information content (AvgIpc) is 4.09. The molecule has 0 aliphatic heterocycles. The number of aromatic hydroxyl groups is 2. The van der Waals surface area contributed by atoms with Crippen LogP contribution in [-0.4, -0.2) is 36.8 Å². The zero-order chi connectivity index (χ0) is 48.6. The van der Waals surface area contributed by atoms with Crippen LogP contribution >= 0.6 is 15.9 Å². The first-order chi connectivity index (χ1) is 32.1. The number of fused-ring (bicyclic) bond motifs is 4.